The van der Waals surface area contributed by atoms with Crippen LogP contribution in [0.3, 0.4) is 0 Å². The highest BCUT2D eigenvalue weighted by molar-refractivity contribution is 5.96. The lowest BCUT2D eigenvalue weighted by molar-refractivity contribution is -0.127. The number of nitrogen functional groups attached to an aromatic ring is 1. The van der Waals surface area contributed by atoms with Crippen molar-refractivity contribution in [2.75, 3.05) is 17.6 Å². The van der Waals surface area contributed by atoms with Crippen molar-refractivity contribution in [1.29, 1.82) is 0 Å². The third-order valence-corrected chi connectivity index (χ3v) is 7.40. The van der Waals surface area contributed by atoms with Crippen LogP contribution in [-0.2, 0) is 4.79 Å². The van der Waals surface area contributed by atoms with Gasteiger partial charge in [0.1, 0.15) is 0 Å². The number of amides is 2. The number of nitrogens with two attached hydrogens (primary N) is 1. The van der Waals surface area contributed by atoms with Crippen molar-refractivity contribution in [3.8, 4) is 11.1 Å². The van der Waals surface area contributed by atoms with E-state index in [1.807, 2.05) is 48.5 Å². The molecule has 1 aliphatic carbocycles. The third kappa shape index (κ3) is 4.52. The van der Waals surface area contributed by atoms with Crippen LogP contribution in [0.2, 0.25) is 0 Å². The van der Waals surface area contributed by atoms with Gasteiger partial charge in [0.15, 0.2) is 12.1 Å². The summed E-state index contributed by atoms with van der Waals surface area (Å²) < 4.78 is 0. The minimum atomic E-state index is -1.70. The first kappa shape index (κ1) is 25.1. The number of carbonyl (C=O) groups is 2. The first-order valence-corrected chi connectivity index (χ1v) is 12.9. The van der Waals surface area contributed by atoms with Crippen LogP contribution in [0.1, 0.15) is 28.7 Å². The van der Waals surface area contributed by atoms with Crippen molar-refractivity contribution in [1.82, 2.24) is 14.9 Å². The quantitative estimate of drug-likeness (QED) is 0.200. The van der Waals surface area contributed by atoms with E-state index in [2.05, 4.69) is 15.3 Å². The SMILES string of the molecule is Nc1nc2ccc(NC(=O)[C@H](O)[C@H](c3ccccc3)N(CC3c4ccccc4-c4ccccc43)C(=O)O)cc2[nH]1. The average Bonchev–Trinajstić information content (AvgIpc) is 3.49. The molecule has 5 aromatic rings. The Morgan fingerprint density at radius 3 is 2.20 bits per heavy atom. The molecule has 6 N–H and O–H groups in total. The molecule has 40 heavy (non-hydrogen) atoms. The van der Waals surface area contributed by atoms with Crippen LogP contribution in [0, 0.1) is 0 Å². The number of fused-ring (bicyclic) bond motifs is 4. The Morgan fingerprint density at radius 1 is 0.925 bits per heavy atom. The fraction of sp³-hybridized carbons (Fsp3) is 0.129. The number of carbonyl (C=O) groups excluding carboxylic acids is 1. The van der Waals surface area contributed by atoms with Gasteiger partial charge in [-0.2, -0.15) is 0 Å². The highest BCUT2D eigenvalue weighted by Gasteiger charge is 2.39. The minimum absolute atomic E-state index is 0.0483. The van der Waals surface area contributed by atoms with Crippen molar-refractivity contribution < 1.29 is 19.8 Å². The summed E-state index contributed by atoms with van der Waals surface area (Å²) >= 11 is 0. The zero-order valence-corrected chi connectivity index (χ0v) is 21.4. The van der Waals surface area contributed by atoms with E-state index in [0.717, 1.165) is 22.3 Å². The lowest BCUT2D eigenvalue weighted by Crippen LogP contribution is -2.46. The summed E-state index contributed by atoms with van der Waals surface area (Å²) in [6, 6.07) is 28.4. The molecule has 0 saturated carbocycles. The van der Waals surface area contributed by atoms with Gasteiger partial charge in [-0.05, 0) is 46.0 Å². The van der Waals surface area contributed by atoms with E-state index in [4.69, 9.17) is 5.73 Å². The standard InChI is InChI=1S/C31H27N5O4/c32-30-34-25-15-14-19(16-26(25)35-30)33-29(38)28(37)27(18-8-2-1-3-9-18)36(31(39)40)17-24-22-12-6-4-10-20(22)21-11-5-7-13-23(21)24/h1-16,24,27-28,37H,17H2,(H,33,38)(H,39,40)(H3,32,34,35)/t27-,28+/m0/s1. The normalized spacial score (nSPS) is 13.8. The molecular weight excluding hydrogens is 506 g/mol. The number of aliphatic hydroxyl groups is 1. The van der Waals surface area contributed by atoms with E-state index in [1.54, 1.807) is 48.5 Å². The topological polar surface area (TPSA) is 145 Å². The predicted octanol–water partition coefficient (Wildman–Crippen LogP) is 4.98. The molecule has 0 unspecified atom stereocenters. The summed E-state index contributed by atoms with van der Waals surface area (Å²) in [6.07, 6.45) is -2.94. The lowest BCUT2D eigenvalue weighted by Gasteiger charge is -2.34. The van der Waals surface area contributed by atoms with Crippen LogP contribution in [0.25, 0.3) is 22.2 Å². The Hall–Kier alpha value is -5.15. The first-order chi connectivity index (χ1) is 19.4. The molecule has 0 fully saturated rings. The maximum atomic E-state index is 13.4. The number of hydrogen-bond acceptors (Lipinski definition) is 5. The maximum absolute atomic E-state index is 13.4. The van der Waals surface area contributed by atoms with Gasteiger partial charge < -0.3 is 26.2 Å². The Balaban J connectivity index is 1.34. The second-order valence-electron chi connectivity index (χ2n) is 9.81. The van der Waals surface area contributed by atoms with Gasteiger partial charge in [0.2, 0.25) is 0 Å². The number of aromatic amines is 1. The zero-order chi connectivity index (χ0) is 27.8. The monoisotopic (exact) mass is 533 g/mol. The summed E-state index contributed by atoms with van der Waals surface area (Å²) in [6.45, 7) is 0.0483. The van der Waals surface area contributed by atoms with Gasteiger partial charge in [-0.25, -0.2) is 9.78 Å². The molecule has 1 heterocycles. The molecule has 6 rings (SSSR count). The van der Waals surface area contributed by atoms with E-state index in [1.165, 1.54) is 4.90 Å². The van der Waals surface area contributed by atoms with Crippen LogP contribution in [0.4, 0.5) is 16.4 Å². The van der Waals surface area contributed by atoms with Crippen molar-refractivity contribution in [3.63, 3.8) is 0 Å². The van der Waals surface area contributed by atoms with E-state index >= 15 is 0 Å². The van der Waals surface area contributed by atoms with E-state index in [-0.39, 0.29) is 18.4 Å². The van der Waals surface area contributed by atoms with Crippen LogP contribution >= 0.6 is 0 Å². The number of hydrogen-bond donors (Lipinski definition) is 5. The number of nitrogens with one attached hydrogen (secondary N) is 2. The highest BCUT2D eigenvalue weighted by Crippen LogP contribution is 2.45. The summed E-state index contributed by atoms with van der Waals surface area (Å²) in [5.74, 6) is -0.757. The van der Waals surface area contributed by atoms with Crippen molar-refractivity contribution >= 4 is 34.7 Å². The molecule has 1 aromatic heterocycles. The van der Waals surface area contributed by atoms with Gasteiger partial charge in [-0.3, -0.25) is 9.69 Å². The fourth-order valence-electron chi connectivity index (χ4n) is 5.61. The predicted molar refractivity (Wildman–Crippen MR) is 153 cm³/mol. The molecule has 0 bridgehead atoms. The minimum Gasteiger partial charge on any atom is -0.465 e. The number of aliphatic hydroxyl groups excluding tert-OH is 1. The molecule has 4 aromatic carbocycles. The van der Waals surface area contributed by atoms with Gasteiger partial charge in [-0.15, -0.1) is 0 Å². The molecule has 2 amide bonds. The first-order valence-electron chi connectivity index (χ1n) is 12.9. The molecule has 0 spiro atoms. The van der Waals surface area contributed by atoms with Crippen molar-refractivity contribution in [2.24, 2.45) is 0 Å². The van der Waals surface area contributed by atoms with Crippen LogP contribution in [0.15, 0.2) is 97.1 Å². The van der Waals surface area contributed by atoms with Gasteiger partial charge >= 0.3 is 6.09 Å². The van der Waals surface area contributed by atoms with Gasteiger partial charge in [0, 0.05) is 18.2 Å². The summed E-state index contributed by atoms with van der Waals surface area (Å²) in [5, 5.41) is 24.6. The molecule has 200 valence electrons. The molecular formula is C31H27N5O4. The second kappa shape index (κ2) is 10.2. The number of aromatic nitrogens is 2. The lowest BCUT2D eigenvalue weighted by atomic mass is 9.93. The summed E-state index contributed by atoms with van der Waals surface area (Å²) in [7, 11) is 0. The van der Waals surface area contributed by atoms with Gasteiger partial charge in [0.25, 0.3) is 5.91 Å². The second-order valence-corrected chi connectivity index (χ2v) is 9.81. The maximum Gasteiger partial charge on any atom is 0.407 e. The zero-order valence-electron chi connectivity index (χ0n) is 21.4. The Kier molecular flexibility index (Phi) is 6.41. The molecule has 9 nitrogen and oxygen atoms in total. The number of rotatable bonds is 7. The Morgan fingerprint density at radius 2 is 1.55 bits per heavy atom. The summed E-state index contributed by atoms with van der Waals surface area (Å²) in [5.41, 5.74) is 12.0. The molecule has 0 radical (unpaired) electrons. The van der Waals surface area contributed by atoms with E-state index in [9.17, 15) is 19.8 Å². The largest absolute Gasteiger partial charge is 0.465 e. The number of benzene rings is 4. The Bertz CT molecular complexity index is 1670. The fourth-order valence-corrected chi connectivity index (χ4v) is 5.61. The number of carboxylic acid groups (broad SMARTS) is 1. The number of nitrogens with zero attached hydrogens (tertiary/aromatic N) is 2. The molecule has 0 saturated heterocycles. The van der Waals surface area contributed by atoms with Crippen molar-refractivity contribution in [2.45, 2.75) is 18.1 Å². The average molecular weight is 534 g/mol. The van der Waals surface area contributed by atoms with Crippen LogP contribution < -0.4 is 11.1 Å². The summed E-state index contributed by atoms with van der Waals surface area (Å²) in [4.78, 5) is 34.4. The number of anilines is 2. The van der Waals surface area contributed by atoms with Gasteiger partial charge in [0.05, 0.1) is 17.1 Å². The Labute approximate surface area is 229 Å². The van der Waals surface area contributed by atoms with Crippen molar-refractivity contribution in [3.05, 3.63) is 114 Å². The molecule has 2 atom stereocenters. The smallest absolute Gasteiger partial charge is 0.407 e. The van der Waals surface area contributed by atoms with E-state index in [0.29, 0.717) is 22.3 Å². The molecule has 9 heteroatoms. The highest BCUT2D eigenvalue weighted by atomic mass is 16.4. The van der Waals surface area contributed by atoms with E-state index < -0.39 is 24.1 Å². The molecule has 0 aliphatic heterocycles. The molecule has 1 aliphatic rings. The van der Waals surface area contributed by atoms with Crippen LogP contribution in [0.5, 0.6) is 0 Å². The third-order valence-electron chi connectivity index (χ3n) is 7.40. The number of H-pyrrole nitrogens is 1. The van der Waals surface area contributed by atoms with Gasteiger partial charge in [-0.1, -0.05) is 78.9 Å². The van der Waals surface area contributed by atoms with Crippen LogP contribution in [-0.4, -0.2) is 49.7 Å². The number of imidazole rings is 1.